The molecule has 1 amide bonds. The van der Waals surface area contributed by atoms with E-state index < -0.39 is 23.7 Å². The molecule has 2 N–H and O–H groups in total. The summed E-state index contributed by atoms with van der Waals surface area (Å²) in [4.78, 5) is 24.5. The molecule has 0 aliphatic heterocycles. The Hall–Kier alpha value is -1.60. The van der Waals surface area contributed by atoms with Crippen molar-refractivity contribution in [3.05, 3.63) is 23.2 Å². The Balaban J connectivity index is 2.76. The number of anilines is 1. The van der Waals surface area contributed by atoms with Crippen LogP contribution >= 0.6 is 23.4 Å². The Bertz CT molecular complexity index is 590. The maximum Gasteiger partial charge on any atom is 0.407 e. The Kier molecular flexibility index (Phi) is 7.69. The van der Waals surface area contributed by atoms with Crippen LogP contribution in [0.5, 0.6) is 0 Å². The number of hydrogen-bond donors (Lipinski definition) is 2. The molecule has 0 radical (unpaired) electrons. The second-order valence-electron chi connectivity index (χ2n) is 5.95. The van der Waals surface area contributed by atoms with Crippen molar-refractivity contribution < 1.29 is 19.1 Å². The first-order chi connectivity index (χ1) is 11.2. The lowest BCUT2D eigenvalue weighted by atomic mass is 10.2. The van der Waals surface area contributed by atoms with Crippen LogP contribution in [0.1, 0.15) is 20.8 Å². The molecule has 0 saturated heterocycles. The zero-order valence-electron chi connectivity index (χ0n) is 14.4. The smallest absolute Gasteiger partial charge is 0.407 e. The number of halogens is 1. The van der Waals surface area contributed by atoms with Gasteiger partial charge in [0, 0.05) is 10.6 Å². The molecule has 0 aliphatic rings. The average molecular weight is 375 g/mol. The van der Waals surface area contributed by atoms with Crippen LogP contribution in [0.2, 0.25) is 5.02 Å². The lowest BCUT2D eigenvalue weighted by molar-refractivity contribution is -0.141. The van der Waals surface area contributed by atoms with E-state index in [1.54, 1.807) is 32.9 Å². The van der Waals surface area contributed by atoms with Crippen LogP contribution in [0.25, 0.3) is 0 Å². The van der Waals surface area contributed by atoms with Gasteiger partial charge in [-0.15, -0.1) is 11.8 Å². The van der Waals surface area contributed by atoms with E-state index in [0.717, 1.165) is 4.90 Å². The van der Waals surface area contributed by atoms with Gasteiger partial charge in [-0.25, -0.2) is 9.59 Å². The summed E-state index contributed by atoms with van der Waals surface area (Å²) >= 11 is 7.57. The van der Waals surface area contributed by atoms with E-state index >= 15 is 0 Å². The molecule has 1 aromatic rings. The number of carbonyl (C=O) groups excluding carboxylic acids is 2. The van der Waals surface area contributed by atoms with Gasteiger partial charge in [-0.2, -0.15) is 0 Å². The van der Waals surface area contributed by atoms with Gasteiger partial charge >= 0.3 is 12.1 Å². The van der Waals surface area contributed by atoms with Crippen molar-refractivity contribution in [3.8, 4) is 0 Å². The van der Waals surface area contributed by atoms with Gasteiger partial charge in [0.2, 0.25) is 0 Å². The van der Waals surface area contributed by atoms with Gasteiger partial charge in [-0.05, 0) is 45.2 Å². The largest absolute Gasteiger partial charge is 0.467 e. The molecule has 0 heterocycles. The van der Waals surface area contributed by atoms with Crippen LogP contribution in [-0.2, 0) is 14.3 Å². The highest BCUT2D eigenvalue weighted by molar-refractivity contribution is 7.98. The molecule has 0 saturated carbocycles. The molecule has 24 heavy (non-hydrogen) atoms. The minimum atomic E-state index is -0.751. The normalized spacial score (nSPS) is 12.2. The van der Waals surface area contributed by atoms with Crippen molar-refractivity contribution in [3.63, 3.8) is 0 Å². The zero-order chi connectivity index (χ0) is 18.3. The monoisotopic (exact) mass is 374 g/mol. The summed E-state index contributed by atoms with van der Waals surface area (Å²) < 4.78 is 9.93. The molecule has 0 fully saturated rings. The highest BCUT2D eigenvalue weighted by Crippen LogP contribution is 2.28. The first-order valence-electron chi connectivity index (χ1n) is 7.31. The van der Waals surface area contributed by atoms with Crippen LogP contribution in [0.3, 0.4) is 0 Å². The first kappa shape index (κ1) is 20.4. The summed E-state index contributed by atoms with van der Waals surface area (Å²) in [5.74, 6) is -0.494. The van der Waals surface area contributed by atoms with E-state index in [1.165, 1.54) is 18.9 Å². The number of ether oxygens (including phenoxy) is 2. The maximum atomic E-state index is 11.9. The Morgan fingerprint density at radius 3 is 2.54 bits per heavy atom. The molecule has 0 spiro atoms. The fourth-order valence-corrected chi connectivity index (χ4v) is 2.64. The van der Waals surface area contributed by atoms with Gasteiger partial charge in [0.05, 0.1) is 18.7 Å². The molecule has 1 rings (SSSR count). The SMILES string of the molecule is COC(=O)C(CNC(=O)OC(C)(C)C)Nc1ccc(Cl)c(SC)c1. The first-order valence-corrected chi connectivity index (χ1v) is 8.91. The fourth-order valence-electron chi connectivity index (χ4n) is 1.79. The average Bonchev–Trinajstić information content (AvgIpc) is 2.50. The van der Waals surface area contributed by atoms with Crippen LogP contribution in [0, 0.1) is 0 Å². The quantitative estimate of drug-likeness (QED) is 0.585. The van der Waals surface area contributed by atoms with E-state index in [4.69, 9.17) is 21.1 Å². The van der Waals surface area contributed by atoms with Crippen molar-refractivity contribution in [1.29, 1.82) is 0 Å². The zero-order valence-corrected chi connectivity index (χ0v) is 16.0. The Labute approximate surface area is 151 Å². The van der Waals surface area contributed by atoms with Crippen LogP contribution in [-0.4, -0.2) is 43.6 Å². The summed E-state index contributed by atoms with van der Waals surface area (Å²) in [6.07, 6.45) is 1.31. The van der Waals surface area contributed by atoms with Crippen LogP contribution in [0.4, 0.5) is 10.5 Å². The van der Waals surface area contributed by atoms with Crippen LogP contribution < -0.4 is 10.6 Å². The van der Waals surface area contributed by atoms with Gasteiger partial charge < -0.3 is 20.1 Å². The van der Waals surface area contributed by atoms with Gasteiger partial charge in [0.15, 0.2) is 0 Å². The number of carbonyl (C=O) groups is 2. The number of nitrogens with one attached hydrogen (secondary N) is 2. The van der Waals surface area contributed by atoms with Gasteiger partial charge in [0.25, 0.3) is 0 Å². The summed E-state index contributed by atoms with van der Waals surface area (Å²) in [6.45, 7) is 5.32. The topological polar surface area (TPSA) is 76.7 Å². The van der Waals surface area contributed by atoms with E-state index in [-0.39, 0.29) is 6.54 Å². The predicted octanol–water partition coefficient (Wildman–Crippen LogP) is 3.54. The minimum Gasteiger partial charge on any atom is -0.467 e. The van der Waals surface area contributed by atoms with Crippen molar-refractivity contribution >= 4 is 41.1 Å². The molecule has 0 aromatic heterocycles. The molecule has 6 nitrogen and oxygen atoms in total. The minimum absolute atomic E-state index is 0.0266. The molecule has 1 unspecified atom stereocenters. The van der Waals surface area contributed by atoms with Crippen molar-refractivity contribution in [2.75, 3.05) is 25.2 Å². The lowest BCUT2D eigenvalue weighted by Gasteiger charge is -2.22. The van der Waals surface area contributed by atoms with Crippen molar-refractivity contribution in [1.82, 2.24) is 5.32 Å². The maximum absolute atomic E-state index is 11.9. The summed E-state index contributed by atoms with van der Waals surface area (Å²) in [5.41, 5.74) is 0.0898. The number of benzene rings is 1. The molecule has 134 valence electrons. The van der Waals surface area contributed by atoms with Gasteiger partial charge in [-0.3, -0.25) is 0 Å². The molecule has 1 aromatic carbocycles. The third-order valence-corrected chi connectivity index (χ3v) is 4.05. The molecule has 1 atom stereocenters. The molecular formula is C16H23ClN2O4S. The van der Waals surface area contributed by atoms with Crippen molar-refractivity contribution in [2.45, 2.75) is 37.3 Å². The number of alkyl carbamates (subject to hydrolysis) is 1. The summed E-state index contributed by atoms with van der Waals surface area (Å²) in [7, 11) is 1.29. The molecule has 0 aliphatic carbocycles. The highest BCUT2D eigenvalue weighted by atomic mass is 35.5. The molecular weight excluding hydrogens is 352 g/mol. The fraction of sp³-hybridized carbons (Fsp3) is 0.500. The number of methoxy groups -OCH3 is 1. The van der Waals surface area contributed by atoms with E-state index in [9.17, 15) is 9.59 Å². The number of hydrogen-bond acceptors (Lipinski definition) is 6. The Morgan fingerprint density at radius 2 is 2.00 bits per heavy atom. The van der Waals surface area contributed by atoms with Crippen LogP contribution in [0.15, 0.2) is 23.1 Å². The van der Waals surface area contributed by atoms with Crippen molar-refractivity contribution in [2.24, 2.45) is 0 Å². The van der Waals surface area contributed by atoms with Gasteiger partial charge in [0.1, 0.15) is 11.6 Å². The number of esters is 1. The number of rotatable bonds is 6. The third kappa shape index (κ3) is 6.88. The second kappa shape index (κ2) is 9.03. The summed E-state index contributed by atoms with van der Waals surface area (Å²) in [6, 6.07) is 4.58. The standard InChI is InChI=1S/C16H23ClN2O4S/c1-16(2,3)23-15(21)18-9-12(14(20)22-4)19-10-6-7-11(17)13(8-10)24-5/h6-8,12,19H,9H2,1-5H3,(H,18,21). The lowest BCUT2D eigenvalue weighted by Crippen LogP contribution is -2.43. The second-order valence-corrected chi connectivity index (χ2v) is 7.21. The third-order valence-electron chi connectivity index (χ3n) is 2.83. The van der Waals surface area contributed by atoms with Gasteiger partial charge in [-0.1, -0.05) is 11.6 Å². The predicted molar refractivity (Wildman–Crippen MR) is 96.9 cm³/mol. The van der Waals surface area contributed by atoms with E-state index in [1.807, 2.05) is 12.3 Å². The highest BCUT2D eigenvalue weighted by Gasteiger charge is 2.22. The number of amides is 1. The molecule has 8 heteroatoms. The van der Waals surface area contributed by atoms with E-state index in [0.29, 0.717) is 10.7 Å². The number of thioether (sulfide) groups is 1. The summed E-state index contributed by atoms with van der Waals surface area (Å²) in [5, 5.41) is 6.23. The molecule has 0 bridgehead atoms. The Morgan fingerprint density at radius 1 is 1.33 bits per heavy atom. The van der Waals surface area contributed by atoms with E-state index in [2.05, 4.69) is 10.6 Å².